The highest BCUT2D eigenvalue weighted by molar-refractivity contribution is 5.70. The molecule has 2 nitrogen and oxygen atoms in total. The van der Waals surface area contributed by atoms with E-state index in [2.05, 4.69) is 9.47 Å². The molecule has 0 heterocycles. The second-order valence-corrected chi connectivity index (χ2v) is 9.44. The topological polar surface area (TPSA) is 18.5 Å². The molecule has 0 aromatic heterocycles. The number of hydrogen-bond acceptors (Lipinski definition) is 2. The molecule has 4 rings (SSSR count). The summed E-state index contributed by atoms with van der Waals surface area (Å²) >= 11 is 0. The van der Waals surface area contributed by atoms with Gasteiger partial charge in [-0.25, -0.2) is 30.7 Å². The maximum Gasteiger partial charge on any atom is 0.573 e. The van der Waals surface area contributed by atoms with Gasteiger partial charge in [0.25, 0.3) is 0 Å². The molecule has 46 heavy (non-hydrogen) atoms. The molecule has 0 radical (unpaired) electrons. The van der Waals surface area contributed by atoms with E-state index < -0.39 is 81.4 Å². The van der Waals surface area contributed by atoms with Gasteiger partial charge < -0.3 is 9.47 Å². The number of hydrogen-bond donors (Lipinski definition) is 0. The molecule has 14 heteroatoms. The minimum absolute atomic E-state index is 0.0481. The van der Waals surface area contributed by atoms with Crippen LogP contribution in [0.5, 0.6) is 11.5 Å². The Labute approximate surface area is 252 Å². The number of rotatable bonds is 9. The summed E-state index contributed by atoms with van der Waals surface area (Å²) in [6.45, 7) is 1.72. The monoisotopic (exact) mass is 662 g/mol. The fraction of sp³-hybridized carbons (Fsp3) is 0.125. The Morgan fingerprint density at radius 3 is 1.72 bits per heavy atom. The summed E-state index contributed by atoms with van der Waals surface area (Å²) in [6.07, 6.45) is -7.18. The van der Waals surface area contributed by atoms with Crippen LogP contribution in [0.4, 0.5) is 52.7 Å². The zero-order valence-electron chi connectivity index (χ0n) is 23.1. The molecule has 0 unspecified atom stereocenters. The third kappa shape index (κ3) is 7.66. The van der Waals surface area contributed by atoms with E-state index in [-0.39, 0.29) is 41.0 Å². The van der Waals surface area contributed by atoms with E-state index in [1.807, 2.05) is 0 Å². The minimum Gasteiger partial charge on any atom is -0.429 e. The first kappa shape index (κ1) is 34.0. The molecule has 0 spiro atoms. The van der Waals surface area contributed by atoms with Crippen molar-refractivity contribution in [2.75, 3.05) is 0 Å². The highest BCUT2D eigenvalue weighted by Gasteiger charge is 2.38. The Balaban J connectivity index is 1.57. The average molecular weight is 662 g/mol. The fourth-order valence-corrected chi connectivity index (χ4v) is 4.18. The summed E-state index contributed by atoms with van der Waals surface area (Å²) in [6, 6.07) is 7.91. The quantitative estimate of drug-likeness (QED) is 0.131. The molecule has 0 atom stereocenters. The zero-order valence-corrected chi connectivity index (χ0v) is 23.1. The molecule has 4 aromatic carbocycles. The van der Waals surface area contributed by atoms with Crippen LogP contribution in [0.2, 0.25) is 0 Å². The van der Waals surface area contributed by atoms with Crippen LogP contribution in [0.1, 0.15) is 24.5 Å². The lowest BCUT2D eigenvalue weighted by Gasteiger charge is -2.20. The number of ether oxygens (including phenoxy) is 2. The number of halogens is 12. The third-order valence-corrected chi connectivity index (χ3v) is 6.23. The smallest absolute Gasteiger partial charge is 0.429 e. The number of alkyl halides is 5. The van der Waals surface area contributed by atoms with Crippen molar-refractivity contribution in [2.24, 2.45) is 0 Å². The van der Waals surface area contributed by atoms with Crippen molar-refractivity contribution in [2.45, 2.75) is 25.8 Å². The predicted octanol–water partition coefficient (Wildman–Crippen LogP) is 11.3. The lowest BCUT2D eigenvalue weighted by atomic mass is 10.0. The van der Waals surface area contributed by atoms with Crippen LogP contribution in [-0.2, 0) is 6.11 Å². The lowest BCUT2D eigenvalue weighted by Crippen LogP contribution is -2.23. The van der Waals surface area contributed by atoms with E-state index in [4.69, 9.17) is 0 Å². The summed E-state index contributed by atoms with van der Waals surface area (Å²) in [7, 11) is 0. The molecule has 0 saturated heterocycles. The molecule has 242 valence electrons. The largest absolute Gasteiger partial charge is 0.573 e. The minimum atomic E-state index is -5.49. The highest BCUT2D eigenvalue weighted by Crippen LogP contribution is 2.39. The Morgan fingerprint density at radius 1 is 0.652 bits per heavy atom. The van der Waals surface area contributed by atoms with E-state index in [1.165, 1.54) is 30.3 Å². The number of benzene rings is 4. The Hall–Kier alpha value is -4.88. The molecule has 0 aliphatic carbocycles. The van der Waals surface area contributed by atoms with Gasteiger partial charge in [-0.2, -0.15) is 8.78 Å². The van der Waals surface area contributed by atoms with Crippen LogP contribution in [-0.4, -0.2) is 6.36 Å². The normalized spacial score (nSPS) is 12.8. The van der Waals surface area contributed by atoms with Crippen molar-refractivity contribution >= 4 is 5.83 Å². The standard InChI is InChI=1S/C32H18F12O2/c1-2-3-4-22(33)29(39)17-7-5-16(6-8-17)18-9-10-21(23(34)11-18)31(40,41)45-20-14-24(35)28(25(36)15-20)19-12-26(37)30(27(38)13-19)46-32(42,43)44/h3-15H,2H2,1H3. The van der Waals surface area contributed by atoms with Crippen molar-refractivity contribution in [1.82, 2.24) is 0 Å². The summed E-state index contributed by atoms with van der Waals surface area (Å²) in [4.78, 5) is 0. The molecule has 0 amide bonds. The predicted molar refractivity (Wildman–Crippen MR) is 143 cm³/mol. The fourth-order valence-electron chi connectivity index (χ4n) is 4.18. The van der Waals surface area contributed by atoms with Crippen molar-refractivity contribution in [3.8, 4) is 33.8 Å². The Bertz CT molecular complexity index is 1760. The van der Waals surface area contributed by atoms with Gasteiger partial charge >= 0.3 is 12.5 Å². The van der Waals surface area contributed by atoms with Gasteiger partial charge in [0, 0.05) is 17.7 Å². The first-order valence-corrected chi connectivity index (χ1v) is 12.9. The third-order valence-electron chi connectivity index (χ3n) is 6.23. The summed E-state index contributed by atoms with van der Waals surface area (Å²) < 4.78 is 175. The molecule has 0 saturated carbocycles. The summed E-state index contributed by atoms with van der Waals surface area (Å²) in [5, 5.41) is 0. The van der Waals surface area contributed by atoms with Gasteiger partial charge in [-0.1, -0.05) is 43.3 Å². The SMILES string of the molecule is CCC=CC(F)=C(F)c1ccc(-c2ccc(C(F)(F)Oc3cc(F)c(-c4cc(F)c(OC(F)(F)F)c(F)c4)c(F)c3)c(F)c2)cc1. The van der Waals surface area contributed by atoms with E-state index in [1.54, 1.807) is 6.92 Å². The van der Waals surface area contributed by atoms with Crippen LogP contribution in [0.25, 0.3) is 28.1 Å². The molecule has 4 aromatic rings. The molecule has 0 N–H and O–H groups in total. The molecule has 0 aliphatic rings. The zero-order chi connectivity index (χ0) is 34.0. The van der Waals surface area contributed by atoms with Crippen LogP contribution in [0.15, 0.2) is 84.7 Å². The molecular formula is C32H18F12O2. The average Bonchev–Trinajstić information content (AvgIpc) is 2.96. The number of allylic oxidation sites excluding steroid dienone is 3. The molecular weight excluding hydrogens is 644 g/mol. The Morgan fingerprint density at radius 2 is 1.20 bits per heavy atom. The second kappa shape index (κ2) is 13.2. The van der Waals surface area contributed by atoms with Crippen LogP contribution in [0, 0.1) is 29.1 Å². The van der Waals surface area contributed by atoms with E-state index in [0.717, 1.165) is 12.1 Å². The van der Waals surface area contributed by atoms with Crippen LogP contribution in [0.3, 0.4) is 0 Å². The van der Waals surface area contributed by atoms with E-state index in [9.17, 15) is 52.7 Å². The first-order valence-electron chi connectivity index (χ1n) is 12.9. The van der Waals surface area contributed by atoms with Crippen molar-refractivity contribution in [3.05, 3.63) is 125 Å². The van der Waals surface area contributed by atoms with Crippen molar-refractivity contribution in [3.63, 3.8) is 0 Å². The van der Waals surface area contributed by atoms with Gasteiger partial charge in [0.05, 0.1) is 11.1 Å². The van der Waals surface area contributed by atoms with E-state index >= 15 is 0 Å². The van der Waals surface area contributed by atoms with Crippen molar-refractivity contribution in [1.29, 1.82) is 0 Å². The summed E-state index contributed by atoms with van der Waals surface area (Å²) in [5.41, 5.74) is -3.35. The van der Waals surface area contributed by atoms with Crippen molar-refractivity contribution < 1.29 is 62.2 Å². The van der Waals surface area contributed by atoms with Gasteiger partial charge in [0.1, 0.15) is 23.2 Å². The molecule has 0 bridgehead atoms. The maximum atomic E-state index is 14.9. The molecule has 0 aliphatic heterocycles. The summed E-state index contributed by atoms with van der Waals surface area (Å²) in [5.74, 6) is -14.2. The van der Waals surface area contributed by atoms with Gasteiger partial charge in [-0.15, -0.1) is 13.2 Å². The molecule has 0 fully saturated rings. The maximum absolute atomic E-state index is 14.9. The van der Waals surface area contributed by atoms with Gasteiger partial charge in [0.15, 0.2) is 23.3 Å². The van der Waals surface area contributed by atoms with Crippen LogP contribution < -0.4 is 9.47 Å². The second-order valence-electron chi connectivity index (χ2n) is 9.44. The Kier molecular flexibility index (Phi) is 9.78. The lowest BCUT2D eigenvalue weighted by molar-refractivity contribution is -0.276. The highest BCUT2D eigenvalue weighted by atomic mass is 19.4. The first-order chi connectivity index (χ1) is 21.5. The van der Waals surface area contributed by atoms with E-state index in [0.29, 0.717) is 18.6 Å². The van der Waals surface area contributed by atoms with Gasteiger partial charge in [0.2, 0.25) is 5.75 Å². The van der Waals surface area contributed by atoms with Crippen LogP contribution >= 0.6 is 0 Å². The van der Waals surface area contributed by atoms with Gasteiger partial charge in [-0.05, 0) is 53.5 Å². The van der Waals surface area contributed by atoms with Gasteiger partial charge in [-0.3, -0.25) is 0 Å².